The monoisotopic (exact) mass is 1180 g/mol. The fourth-order valence-electron chi connectivity index (χ4n) is 10.2. The van der Waals surface area contributed by atoms with Gasteiger partial charge in [0.1, 0.15) is 60.4 Å². The molecule has 0 saturated carbocycles. The molecule has 1 aliphatic heterocycles. The first kappa shape index (κ1) is 74.8. The van der Waals surface area contributed by atoms with Gasteiger partial charge in [-0.05, 0) is 88.4 Å². The molecule has 1 aliphatic rings. The maximum Gasteiger partial charge on any atom is 0.248 e. The molecular formula is C59H105N11O13. The van der Waals surface area contributed by atoms with Crippen LogP contribution >= 0.6 is 0 Å². The van der Waals surface area contributed by atoms with Gasteiger partial charge in [-0.1, -0.05) is 95.2 Å². The van der Waals surface area contributed by atoms with E-state index in [0.29, 0.717) is 6.42 Å². The predicted octanol–water partition coefficient (Wildman–Crippen LogP) is 1.22. The lowest BCUT2D eigenvalue weighted by Crippen LogP contribution is -2.63. The van der Waals surface area contributed by atoms with Gasteiger partial charge in [-0.25, -0.2) is 0 Å². The summed E-state index contributed by atoms with van der Waals surface area (Å²) in [6.07, 6.45) is 2.68. The molecule has 0 aromatic carbocycles. The average molecular weight is 1180 g/mol. The zero-order valence-electron chi connectivity index (χ0n) is 53.9. The van der Waals surface area contributed by atoms with Crippen molar-refractivity contribution in [3.8, 4) is 0 Å². The number of allylic oxidation sites excluding steroid dienone is 2. The number of nitrogens with one attached hydrogen (secondary N) is 4. The van der Waals surface area contributed by atoms with Crippen molar-refractivity contribution in [2.75, 3.05) is 62.5 Å². The van der Waals surface area contributed by atoms with E-state index in [1.54, 1.807) is 60.6 Å². The SMILES string of the molecule is C/C=C/C[C@@H](C)[C@@H](O)[C@H]1C(=O)N[C@@H](CC)C(=O)N(C)CC(=O)N(C)[C@@H](CC(C)C)C(=O)N[C@@H](C(C)C)C(=O)N(C)[C@@H](CC(C)C)C(=O)N[C@@H](C)C(=O)N[C@H](C)C(=O)N(C)[C@H](CO)C(=O)N(C)[C@@H](CC(C)C)C(=O)N(C)[C@@H](C(C)C)C(=O)N1C. The van der Waals surface area contributed by atoms with Crippen LogP contribution in [0.5, 0.6) is 0 Å². The van der Waals surface area contributed by atoms with Crippen LogP contribution < -0.4 is 21.3 Å². The number of carbonyl (C=O) groups excluding carboxylic acids is 11. The van der Waals surface area contributed by atoms with Gasteiger partial charge in [-0.2, -0.15) is 0 Å². The van der Waals surface area contributed by atoms with Crippen molar-refractivity contribution in [2.24, 2.45) is 35.5 Å². The molecule has 24 nitrogen and oxygen atoms in total. The van der Waals surface area contributed by atoms with E-state index in [9.17, 15) is 58.2 Å². The Morgan fingerprint density at radius 2 is 0.940 bits per heavy atom. The highest BCUT2D eigenvalue weighted by atomic mass is 16.3. The van der Waals surface area contributed by atoms with E-state index in [-0.39, 0.29) is 43.4 Å². The molecule has 0 aliphatic carbocycles. The molecular weight excluding hydrogens is 1070 g/mol. The van der Waals surface area contributed by atoms with Crippen molar-refractivity contribution in [3.05, 3.63) is 12.2 Å². The Labute approximate surface area is 494 Å². The summed E-state index contributed by atoms with van der Waals surface area (Å²) in [5, 5.41) is 33.5. The summed E-state index contributed by atoms with van der Waals surface area (Å²) in [5.74, 6) is -10.5. The van der Waals surface area contributed by atoms with E-state index in [1.807, 2.05) is 41.5 Å². The molecule has 474 valence electrons. The third-order valence-corrected chi connectivity index (χ3v) is 15.6. The minimum Gasteiger partial charge on any atom is -0.394 e. The van der Waals surface area contributed by atoms with Gasteiger partial charge in [0.05, 0.1) is 19.3 Å². The zero-order chi connectivity index (χ0) is 64.4. The maximum absolute atomic E-state index is 15.0. The second kappa shape index (κ2) is 34.0. The number of carbonyl (C=O) groups is 11. The van der Waals surface area contributed by atoms with Crippen LogP contribution in [0, 0.1) is 35.5 Å². The first-order valence-electron chi connectivity index (χ1n) is 29.3. The Morgan fingerprint density at radius 3 is 1.41 bits per heavy atom. The number of likely N-dealkylation sites (N-methyl/N-ethyl adjacent to an activating group) is 7. The molecule has 1 rings (SSSR count). The highest BCUT2D eigenvalue weighted by molar-refractivity contribution is 5.99. The lowest BCUT2D eigenvalue weighted by Gasteiger charge is -2.41. The number of aliphatic hydroxyl groups excluding tert-OH is 2. The molecule has 0 aromatic rings. The van der Waals surface area contributed by atoms with Crippen molar-refractivity contribution in [2.45, 2.75) is 202 Å². The Hall–Kier alpha value is -6.17. The van der Waals surface area contributed by atoms with Gasteiger partial charge in [-0.3, -0.25) is 52.7 Å². The smallest absolute Gasteiger partial charge is 0.248 e. The van der Waals surface area contributed by atoms with Gasteiger partial charge < -0.3 is 65.8 Å². The number of hydrogen-bond acceptors (Lipinski definition) is 13. The molecule has 1 fully saturated rings. The second-order valence-electron chi connectivity index (χ2n) is 24.6. The van der Waals surface area contributed by atoms with Crippen LogP contribution in [0.15, 0.2) is 12.2 Å². The first-order chi connectivity index (χ1) is 38.4. The van der Waals surface area contributed by atoms with E-state index in [2.05, 4.69) is 21.3 Å². The van der Waals surface area contributed by atoms with Crippen molar-refractivity contribution >= 4 is 65.0 Å². The van der Waals surface area contributed by atoms with Crippen LogP contribution in [0.2, 0.25) is 0 Å². The summed E-state index contributed by atoms with van der Waals surface area (Å²) in [7, 11) is 9.46. The molecule has 24 heteroatoms. The van der Waals surface area contributed by atoms with E-state index in [0.717, 1.165) is 19.6 Å². The van der Waals surface area contributed by atoms with Crippen LogP contribution in [0.25, 0.3) is 0 Å². The molecule has 0 radical (unpaired) electrons. The Kier molecular flexibility index (Phi) is 30.6. The summed E-state index contributed by atoms with van der Waals surface area (Å²) in [6.45, 7) is 24.2. The molecule has 11 amide bonds. The van der Waals surface area contributed by atoms with Crippen LogP contribution in [-0.4, -0.2) is 238 Å². The van der Waals surface area contributed by atoms with Crippen LogP contribution in [-0.2, 0) is 52.7 Å². The summed E-state index contributed by atoms with van der Waals surface area (Å²) >= 11 is 0. The summed E-state index contributed by atoms with van der Waals surface area (Å²) in [4.78, 5) is 166. The third kappa shape index (κ3) is 20.5. The fraction of sp³-hybridized carbons (Fsp3) is 0.780. The Bertz CT molecular complexity index is 2280. The van der Waals surface area contributed by atoms with Crippen molar-refractivity contribution < 1.29 is 63.0 Å². The summed E-state index contributed by atoms with van der Waals surface area (Å²) in [5.41, 5.74) is 0. The van der Waals surface area contributed by atoms with Crippen molar-refractivity contribution in [3.63, 3.8) is 0 Å². The van der Waals surface area contributed by atoms with Gasteiger partial charge in [0, 0.05) is 49.3 Å². The molecule has 0 spiro atoms. The molecule has 0 unspecified atom stereocenters. The topological polar surface area (TPSA) is 299 Å². The van der Waals surface area contributed by atoms with Gasteiger partial charge in [0.2, 0.25) is 65.0 Å². The molecule has 12 atom stereocenters. The van der Waals surface area contributed by atoms with Crippen LogP contribution in [0.1, 0.15) is 136 Å². The van der Waals surface area contributed by atoms with Crippen molar-refractivity contribution in [1.82, 2.24) is 55.6 Å². The van der Waals surface area contributed by atoms with Gasteiger partial charge in [0.25, 0.3) is 0 Å². The van der Waals surface area contributed by atoms with E-state index in [1.165, 1.54) is 77.9 Å². The zero-order valence-corrected chi connectivity index (χ0v) is 53.9. The average Bonchev–Trinajstić information content (AvgIpc) is 3.58. The van der Waals surface area contributed by atoms with Gasteiger partial charge in [0.15, 0.2) is 0 Å². The first-order valence-corrected chi connectivity index (χ1v) is 29.3. The molecule has 0 bridgehead atoms. The van der Waals surface area contributed by atoms with Crippen LogP contribution in [0.4, 0.5) is 0 Å². The quantitative estimate of drug-likeness (QED) is 0.134. The molecule has 83 heavy (non-hydrogen) atoms. The summed E-state index contributed by atoms with van der Waals surface area (Å²) in [6, 6.07) is -13.1. The van der Waals surface area contributed by atoms with Gasteiger partial charge >= 0.3 is 0 Å². The van der Waals surface area contributed by atoms with Crippen molar-refractivity contribution in [1.29, 1.82) is 0 Å². The van der Waals surface area contributed by atoms with E-state index < -0.39 is 162 Å². The number of rotatable bonds is 14. The number of aliphatic hydroxyl groups is 2. The lowest BCUT2D eigenvalue weighted by molar-refractivity contribution is -0.157. The number of nitrogens with zero attached hydrogens (tertiary/aromatic N) is 7. The minimum atomic E-state index is -1.63. The summed E-state index contributed by atoms with van der Waals surface area (Å²) < 4.78 is 0. The standard InChI is InChI=1S/C59H105N11O13/c1-23-25-26-37(13)49(73)48-53(77)62-40(24-2)55(79)64(16)30-45(72)65(17)41(27-32(3)4)52(76)63-46(35(9)10)58(82)66(18)42(28-33(5)6)51(75)60-38(14)50(74)61-39(15)54(78)68(20)44(31-71)57(81)67(19)43(29-34(7)8)56(80)69(21)47(36(11)12)59(83)70(48)22/h23,25,32-44,46-49,71,73H,24,26-31H2,1-22H3,(H,60,75)(H,61,74)(H,62,77)(H,63,76)/b25-23+/t37-,38+,39-,40+,41+,42+,43+,44-,46+,47+,48+,49-/m1/s1. The van der Waals surface area contributed by atoms with E-state index >= 15 is 4.79 Å². The molecule has 1 saturated heterocycles. The molecule has 1 heterocycles. The highest BCUT2D eigenvalue weighted by Crippen LogP contribution is 2.25. The number of amides is 11. The van der Waals surface area contributed by atoms with E-state index in [4.69, 9.17) is 0 Å². The fourth-order valence-corrected chi connectivity index (χ4v) is 10.2. The Balaban J connectivity index is 4.25. The normalized spacial score (nSPS) is 27.2. The highest BCUT2D eigenvalue weighted by Gasteiger charge is 2.45. The number of hydrogen-bond donors (Lipinski definition) is 6. The maximum atomic E-state index is 15.0. The molecule has 0 aromatic heterocycles. The van der Waals surface area contributed by atoms with Gasteiger partial charge in [-0.15, -0.1) is 0 Å². The molecule has 6 N–H and O–H groups in total. The lowest BCUT2D eigenvalue weighted by atomic mass is 9.91. The second-order valence-corrected chi connectivity index (χ2v) is 24.6. The predicted molar refractivity (Wildman–Crippen MR) is 316 cm³/mol. The minimum absolute atomic E-state index is 0.00810. The largest absolute Gasteiger partial charge is 0.394 e. The van der Waals surface area contributed by atoms with Crippen LogP contribution in [0.3, 0.4) is 0 Å². The third-order valence-electron chi connectivity index (χ3n) is 15.6. The Morgan fingerprint density at radius 1 is 0.494 bits per heavy atom.